The van der Waals surface area contributed by atoms with Crippen molar-refractivity contribution in [1.29, 1.82) is 0 Å². The lowest BCUT2D eigenvalue weighted by molar-refractivity contribution is -0.183. The maximum atomic E-state index is 12.4. The van der Waals surface area contributed by atoms with Gasteiger partial charge in [0.2, 0.25) is 0 Å². The van der Waals surface area contributed by atoms with Crippen LogP contribution < -0.4 is 0 Å². The molecule has 1 aliphatic carbocycles. The first kappa shape index (κ1) is 9.10. The molecule has 0 unspecified atom stereocenters. The molecule has 0 N–H and O–H groups in total. The fourth-order valence-electron chi connectivity index (χ4n) is 0.884. The molecule has 0 saturated carbocycles. The van der Waals surface area contributed by atoms with Gasteiger partial charge in [-0.25, -0.2) is 0 Å². The molecule has 3 heteroatoms. The molecule has 1 aliphatic rings. The Morgan fingerprint density at radius 3 is 1.67 bits per heavy atom. The standard InChI is InChI=1S/C9H9F3/c1-8(9(10,11)12)6-4-2-3-5-7-8/h2-7H,1H3. The van der Waals surface area contributed by atoms with E-state index in [4.69, 9.17) is 0 Å². The van der Waals surface area contributed by atoms with Gasteiger partial charge in [-0.3, -0.25) is 0 Å². The van der Waals surface area contributed by atoms with Crippen molar-refractivity contribution < 1.29 is 13.2 Å². The number of allylic oxidation sites excluding steroid dienone is 6. The Labute approximate surface area is 69.1 Å². The lowest BCUT2D eigenvalue weighted by atomic mass is 9.89. The summed E-state index contributed by atoms with van der Waals surface area (Å²) >= 11 is 0. The van der Waals surface area contributed by atoms with Crippen molar-refractivity contribution in [3.63, 3.8) is 0 Å². The highest BCUT2D eigenvalue weighted by molar-refractivity contribution is 5.25. The van der Waals surface area contributed by atoms with Crippen molar-refractivity contribution in [2.75, 3.05) is 0 Å². The van der Waals surface area contributed by atoms with Gasteiger partial charge in [0.05, 0.1) is 5.41 Å². The van der Waals surface area contributed by atoms with Crippen LogP contribution in [0.2, 0.25) is 0 Å². The van der Waals surface area contributed by atoms with Crippen molar-refractivity contribution in [1.82, 2.24) is 0 Å². The van der Waals surface area contributed by atoms with Gasteiger partial charge in [0.25, 0.3) is 0 Å². The van der Waals surface area contributed by atoms with Crippen molar-refractivity contribution in [2.24, 2.45) is 5.41 Å². The molecule has 0 heterocycles. The molecule has 0 radical (unpaired) electrons. The van der Waals surface area contributed by atoms with Gasteiger partial charge in [-0.1, -0.05) is 36.5 Å². The van der Waals surface area contributed by atoms with Crippen molar-refractivity contribution in [3.05, 3.63) is 36.5 Å². The van der Waals surface area contributed by atoms with E-state index in [-0.39, 0.29) is 0 Å². The largest absolute Gasteiger partial charge is 0.400 e. The Morgan fingerprint density at radius 1 is 0.917 bits per heavy atom. The Morgan fingerprint density at radius 2 is 1.33 bits per heavy atom. The van der Waals surface area contributed by atoms with E-state index in [0.717, 1.165) is 19.1 Å². The Balaban J connectivity index is 2.99. The topological polar surface area (TPSA) is 0 Å². The highest BCUT2D eigenvalue weighted by Crippen LogP contribution is 2.40. The first-order valence-electron chi connectivity index (χ1n) is 3.56. The highest BCUT2D eigenvalue weighted by atomic mass is 19.4. The second kappa shape index (κ2) is 2.81. The molecule has 12 heavy (non-hydrogen) atoms. The van der Waals surface area contributed by atoms with Gasteiger partial charge in [-0.15, -0.1) is 0 Å². The van der Waals surface area contributed by atoms with Crippen LogP contribution in [0.25, 0.3) is 0 Å². The van der Waals surface area contributed by atoms with Gasteiger partial charge in [-0.05, 0) is 6.92 Å². The van der Waals surface area contributed by atoms with Crippen molar-refractivity contribution in [3.8, 4) is 0 Å². The second-order valence-corrected chi connectivity index (χ2v) is 2.88. The van der Waals surface area contributed by atoms with E-state index in [1.807, 2.05) is 0 Å². The first-order chi connectivity index (χ1) is 5.46. The fourth-order valence-corrected chi connectivity index (χ4v) is 0.884. The molecule has 0 fully saturated rings. The van der Waals surface area contributed by atoms with E-state index in [0.29, 0.717) is 0 Å². The summed E-state index contributed by atoms with van der Waals surface area (Å²) in [5, 5.41) is 0. The van der Waals surface area contributed by atoms with Crippen LogP contribution in [-0.2, 0) is 0 Å². The third-order valence-electron chi connectivity index (χ3n) is 1.83. The third kappa shape index (κ3) is 1.60. The van der Waals surface area contributed by atoms with Crippen LogP contribution in [0.15, 0.2) is 36.5 Å². The zero-order valence-electron chi connectivity index (χ0n) is 6.60. The predicted octanol–water partition coefficient (Wildman–Crippen LogP) is 3.24. The minimum atomic E-state index is -4.22. The molecule has 1 rings (SSSR count). The highest BCUT2D eigenvalue weighted by Gasteiger charge is 2.47. The maximum absolute atomic E-state index is 12.4. The van der Waals surface area contributed by atoms with Crippen LogP contribution in [0.4, 0.5) is 13.2 Å². The van der Waals surface area contributed by atoms with E-state index in [9.17, 15) is 13.2 Å². The van der Waals surface area contributed by atoms with Gasteiger partial charge < -0.3 is 0 Å². The van der Waals surface area contributed by atoms with Crippen molar-refractivity contribution in [2.45, 2.75) is 13.1 Å². The van der Waals surface area contributed by atoms with Crippen molar-refractivity contribution >= 4 is 0 Å². The molecule has 0 amide bonds. The van der Waals surface area contributed by atoms with Crippen LogP contribution in [0.5, 0.6) is 0 Å². The van der Waals surface area contributed by atoms with Crippen LogP contribution in [-0.4, -0.2) is 6.18 Å². The van der Waals surface area contributed by atoms with E-state index < -0.39 is 11.6 Å². The summed E-state index contributed by atoms with van der Waals surface area (Å²) in [4.78, 5) is 0. The first-order valence-corrected chi connectivity index (χ1v) is 3.56. The van der Waals surface area contributed by atoms with E-state index in [1.165, 1.54) is 12.2 Å². The molecule has 0 aromatic heterocycles. The molecule has 0 saturated heterocycles. The smallest absolute Gasteiger partial charge is 0.170 e. The summed E-state index contributed by atoms with van der Waals surface area (Å²) < 4.78 is 37.1. The van der Waals surface area contributed by atoms with Gasteiger partial charge in [0.1, 0.15) is 0 Å². The number of hydrogen-bond acceptors (Lipinski definition) is 0. The number of halogens is 3. The van der Waals surface area contributed by atoms with Gasteiger partial charge in [-0.2, -0.15) is 13.2 Å². The van der Waals surface area contributed by atoms with E-state index >= 15 is 0 Å². The monoisotopic (exact) mass is 174 g/mol. The summed E-state index contributed by atoms with van der Waals surface area (Å²) in [5.74, 6) is 0. The number of hydrogen-bond donors (Lipinski definition) is 0. The summed E-state index contributed by atoms with van der Waals surface area (Å²) in [5.41, 5.74) is -1.82. The maximum Gasteiger partial charge on any atom is 0.400 e. The van der Waals surface area contributed by atoms with E-state index in [2.05, 4.69) is 0 Å². The average molecular weight is 174 g/mol. The molecule has 0 bridgehead atoms. The fraction of sp³-hybridized carbons (Fsp3) is 0.333. The zero-order valence-corrected chi connectivity index (χ0v) is 6.60. The molecular weight excluding hydrogens is 165 g/mol. The zero-order chi connectivity index (χ0) is 9.24. The van der Waals surface area contributed by atoms with Gasteiger partial charge >= 0.3 is 6.18 Å². The normalized spacial score (nSPS) is 21.0. The minimum Gasteiger partial charge on any atom is -0.170 e. The number of alkyl halides is 3. The Kier molecular flexibility index (Phi) is 2.13. The number of rotatable bonds is 0. The van der Waals surface area contributed by atoms with Gasteiger partial charge in [0, 0.05) is 0 Å². The quantitative estimate of drug-likeness (QED) is 0.528. The minimum absolute atomic E-state index is 1.15. The molecule has 66 valence electrons. The molecule has 0 atom stereocenters. The molecule has 0 aromatic rings. The molecule has 0 spiro atoms. The van der Waals surface area contributed by atoms with Gasteiger partial charge in [0.15, 0.2) is 0 Å². The summed E-state index contributed by atoms with van der Waals surface area (Å²) in [6, 6.07) is 0. The molecular formula is C9H9F3. The predicted molar refractivity (Wildman–Crippen MR) is 41.6 cm³/mol. The Hall–Kier alpha value is -0.990. The van der Waals surface area contributed by atoms with Crippen LogP contribution in [0, 0.1) is 5.41 Å². The molecule has 0 aromatic carbocycles. The third-order valence-corrected chi connectivity index (χ3v) is 1.83. The van der Waals surface area contributed by atoms with E-state index in [1.54, 1.807) is 12.2 Å². The lowest BCUT2D eigenvalue weighted by Crippen LogP contribution is -2.30. The second-order valence-electron chi connectivity index (χ2n) is 2.88. The van der Waals surface area contributed by atoms with Crippen LogP contribution in [0.3, 0.4) is 0 Å². The average Bonchev–Trinajstić information content (AvgIpc) is 2.12. The van der Waals surface area contributed by atoms with Crippen LogP contribution >= 0.6 is 0 Å². The Bertz CT molecular complexity index is 227. The molecule has 0 nitrogen and oxygen atoms in total. The van der Waals surface area contributed by atoms with Crippen LogP contribution in [0.1, 0.15) is 6.92 Å². The SMILES string of the molecule is CC1(C(F)(F)F)C=CC=CC=C1. The summed E-state index contributed by atoms with van der Waals surface area (Å²) in [6.45, 7) is 1.15. The molecule has 0 aliphatic heterocycles. The summed E-state index contributed by atoms with van der Waals surface area (Å²) in [6.07, 6.45) is 4.05. The summed E-state index contributed by atoms with van der Waals surface area (Å²) in [7, 11) is 0. The lowest BCUT2D eigenvalue weighted by Gasteiger charge is -2.24.